The van der Waals surface area contributed by atoms with E-state index in [9.17, 15) is 4.79 Å². The fourth-order valence-corrected chi connectivity index (χ4v) is 2.88. The molecule has 4 nitrogen and oxygen atoms in total. The highest BCUT2D eigenvalue weighted by Gasteiger charge is 2.26. The molecule has 0 bridgehead atoms. The van der Waals surface area contributed by atoms with Crippen molar-refractivity contribution in [3.05, 3.63) is 0 Å². The van der Waals surface area contributed by atoms with Gasteiger partial charge >= 0.3 is 5.97 Å². The first kappa shape index (κ1) is 14.5. The Balaban J connectivity index is 2.33. The second kappa shape index (κ2) is 5.83. The molecule has 0 radical (unpaired) electrons. The lowest BCUT2D eigenvalue weighted by Crippen LogP contribution is -2.36. The van der Waals surface area contributed by atoms with Gasteiger partial charge in [-0.25, -0.2) is 0 Å². The van der Waals surface area contributed by atoms with Crippen molar-refractivity contribution in [2.45, 2.75) is 26.7 Å². The smallest absolute Gasteiger partial charge is 0.303 e. The Morgan fingerprint density at radius 2 is 2.18 bits per heavy atom. The van der Waals surface area contributed by atoms with E-state index in [0.717, 1.165) is 19.0 Å². The first-order valence-electron chi connectivity index (χ1n) is 6.37. The Morgan fingerprint density at radius 3 is 2.65 bits per heavy atom. The molecule has 0 spiro atoms. The van der Waals surface area contributed by atoms with Crippen molar-refractivity contribution in [3.8, 4) is 0 Å². The molecule has 1 N–H and O–H groups in total. The Kier molecular flexibility index (Phi) is 4.95. The van der Waals surface area contributed by atoms with Crippen molar-refractivity contribution in [1.82, 2.24) is 9.80 Å². The molecule has 0 aromatic heterocycles. The third kappa shape index (κ3) is 5.50. The number of carboxylic acid groups (broad SMARTS) is 1. The van der Waals surface area contributed by atoms with E-state index in [1.165, 1.54) is 19.5 Å². The average molecular weight is 242 g/mol. The molecule has 0 aromatic rings. The van der Waals surface area contributed by atoms with Crippen molar-refractivity contribution in [3.63, 3.8) is 0 Å². The molecule has 0 saturated carbocycles. The molecule has 4 heteroatoms. The molecule has 0 amide bonds. The number of hydrogen-bond acceptors (Lipinski definition) is 3. The summed E-state index contributed by atoms with van der Waals surface area (Å²) in [5, 5.41) is 8.86. The van der Waals surface area contributed by atoms with Crippen molar-refractivity contribution in [2.24, 2.45) is 11.3 Å². The lowest BCUT2D eigenvalue weighted by atomic mass is 9.88. The summed E-state index contributed by atoms with van der Waals surface area (Å²) >= 11 is 0. The van der Waals surface area contributed by atoms with E-state index in [-0.39, 0.29) is 11.8 Å². The fourth-order valence-electron chi connectivity index (χ4n) is 2.88. The predicted molar refractivity (Wildman–Crippen MR) is 69.1 cm³/mol. The van der Waals surface area contributed by atoms with E-state index in [1.54, 1.807) is 0 Å². The maximum Gasteiger partial charge on any atom is 0.303 e. The molecule has 1 atom stereocenters. The number of carbonyl (C=O) groups is 1. The van der Waals surface area contributed by atoms with Crippen LogP contribution in [0.1, 0.15) is 26.7 Å². The maximum absolute atomic E-state index is 10.8. The molecule has 1 fully saturated rings. The molecule has 100 valence electrons. The zero-order valence-corrected chi connectivity index (χ0v) is 11.6. The Bertz CT molecular complexity index is 266. The van der Waals surface area contributed by atoms with Crippen LogP contribution in [0.5, 0.6) is 0 Å². The van der Waals surface area contributed by atoms with Gasteiger partial charge in [0.15, 0.2) is 0 Å². The maximum atomic E-state index is 10.8. The van der Waals surface area contributed by atoms with Gasteiger partial charge in [-0.15, -0.1) is 0 Å². The highest BCUT2D eigenvalue weighted by molar-refractivity contribution is 5.67. The zero-order chi connectivity index (χ0) is 13.1. The van der Waals surface area contributed by atoms with E-state index in [1.807, 2.05) is 13.8 Å². The van der Waals surface area contributed by atoms with Crippen molar-refractivity contribution in [1.29, 1.82) is 0 Å². The first-order valence-corrected chi connectivity index (χ1v) is 6.37. The van der Waals surface area contributed by atoms with E-state index in [2.05, 4.69) is 23.9 Å². The summed E-state index contributed by atoms with van der Waals surface area (Å²) in [5.41, 5.74) is -0.148. The summed E-state index contributed by atoms with van der Waals surface area (Å²) in [5.74, 6) is 0.0367. The Labute approximate surface area is 105 Å². The number of carboxylic acids is 1. The average Bonchev–Trinajstić information content (AvgIpc) is 2.46. The van der Waals surface area contributed by atoms with Crippen LogP contribution in [0, 0.1) is 11.3 Å². The molecule has 0 aromatic carbocycles. The molecule has 1 unspecified atom stereocenters. The van der Waals surface area contributed by atoms with Crippen LogP contribution in [-0.2, 0) is 4.79 Å². The highest BCUT2D eigenvalue weighted by atomic mass is 16.4. The fraction of sp³-hybridized carbons (Fsp3) is 0.923. The Hall–Kier alpha value is -0.610. The van der Waals surface area contributed by atoms with Gasteiger partial charge in [0, 0.05) is 19.6 Å². The van der Waals surface area contributed by atoms with Gasteiger partial charge < -0.3 is 14.9 Å². The van der Waals surface area contributed by atoms with Gasteiger partial charge in [-0.3, -0.25) is 4.79 Å². The van der Waals surface area contributed by atoms with Crippen LogP contribution in [0.3, 0.4) is 0 Å². The van der Waals surface area contributed by atoms with Gasteiger partial charge in [-0.2, -0.15) is 0 Å². The molecule has 1 aliphatic heterocycles. The van der Waals surface area contributed by atoms with Gasteiger partial charge in [-0.1, -0.05) is 13.8 Å². The number of rotatable bonds is 6. The van der Waals surface area contributed by atoms with Crippen LogP contribution in [0.4, 0.5) is 0 Å². The largest absolute Gasteiger partial charge is 0.481 e. The van der Waals surface area contributed by atoms with Crippen LogP contribution in [0.2, 0.25) is 0 Å². The summed E-state index contributed by atoms with van der Waals surface area (Å²) in [6.07, 6.45) is 1.50. The monoisotopic (exact) mass is 242 g/mol. The number of hydrogen-bond donors (Lipinski definition) is 1. The lowest BCUT2D eigenvalue weighted by Gasteiger charge is -2.30. The normalized spacial score (nSPS) is 22.3. The molecular formula is C13H26N2O2. The summed E-state index contributed by atoms with van der Waals surface area (Å²) in [6, 6.07) is 0. The van der Waals surface area contributed by atoms with E-state index in [4.69, 9.17) is 5.11 Å². The lowest BCUT2D eigenvalue weighted by molar-refractivity contribution is -0.139. The van der Waals surface area contributed by atoms with Gasteiger partial charge in [0.2, 0.25) is 0 Å². The van der Waals surface area contributed by atoms with Crippen molar-refractivity contribution >= 4 is 5.97 Å². The number of nitrogens with zero attached hydrogens (tertiary/aromatic N) is 2. The summed E-state index contributed by atoms with van der Waals surface area (Å²) < 4.78 is 0. The molecule has 1 heterocycles. The second-order valence-corrected chi connectivity index (χ2v) is 6.35. The summed E-state index contributed by atoms with van der Waals surface area (Å²) in [6.45, 7) is 8.34. The van der Waals surface area contributed by atoms with Crippen LogP contribution in [0.15, 0.2) is 0 Å². The standard InChI is InChI=1S/C13H26N2O2/c1-13(2,7-12(16)17)10-15(4)9-11-5-6-14(3)8-11/h11H,5-10H2,1-4H3,(H,16,17). The summed E-state index contributed by atoms with van der Waals surface area (Å²) in [7, 11) is 4.26. The second-order valence-electron chi connectivity index (χ2n) is 6.35. The molecule has 1 saturated heterocycles. The minimum absolute atomic E-state index is 0.148. The summed E-state index contributed by atoms with van der Waals surface area (Å²) in [4.78, 5) is 15.4. The van der Waals surface area contributed by atoms with Crippen molar-refractivity contribution in [2.75, 3.05) is 40.3 Å². The van der Waals surface area contributed by atoms with Gasteiger partial charge in [-0.05, 0) is 38.4 Å². The quantitative estimate of drug-likeness (QED) is 0.764. The third-order valence-corrected chi connectivity index (χ3v) is 3.39. The zero-order valence-electron chi connectivity index (χ0n) is 11.6. The molecule has 1 aliphatic rings. The van der Waals surface area contributed by atoms with Crippen LogP contribution >= 0.6 is 0 Å². The van der Waals surface area contributed by atoms with Crippen LogP contribution in [0.25, 0.3) is 0 Å². The minimum atomic E-state index is -0.705. The molecule has 17 heavy (non-hydrogen) atoms. The molecular weight excluding hydrogens is 216 g/mol. The highest BCUT2D eigenvalue weighted by Crippen LogP contribution is 2.23. The number of aliphatic carboxylic acids is 1. The third-order valence-electron chi connectivity index (χ3n) is 3.39. The predicted octanol–water partition coefficient (Wildman–Crippen LogP) is 1.37. The topological polar surface area (TPSA) is 43.8 Å². The van der Waals surface area contributed by atoms with Crippen LogP contribution < -0.4 is 0 Å². The minimum Gasteiger partial charge on any atom is -0.481 e. The number of likely N-dealkylation sites (tertiary alicyclic amines) is 1. The van der Waals surface area contributed by atoms with Crippen molar-refractivity contribution < 1.29 is 9.90 Å². The first-order chi connectivity index (χ1) is 7.78. The van der Waals surface area contributed by atoms with Gasteiger partial charge in [0.1, 0.15) is 0 Å². The SMILES string of the molecule is CN1CCC(CN(C)CC(C)(C)CC(=O)O)C1. The van der Waals surface area contributed by atoms with E-state index in [0.29, 0.717) is 0 Å². The molecule has 1 rings (SSSR count). The van der Waals surface area contributed by atoms with E-state index < -0.39 is 5.97 Å². The van der Waals surface area contributed by atoms with Crippen LogP contribution in [-0.4, -0.2) is 61.2 Å². The molecule has 0 aliphatic carbocycles. The van der Waals surface area contributed by atoms with Gasteiger partial charge in [0.05, 0.1) is 6.42 Å². The van der Waals surface area contributed by atoms with Gasteiger partial charge in [0.25, 0.3) is 0 Å². The van der Waals surface area contributed by atoms with E-state index >= 15 is 0 Å². The Morgan fingerprint density at radius 1 is 1.53 bits per heavy atom.